The number of hydrogen-bond acceptors (Lipinski definition) is 7. The minimum Gasteiger partial charge on any atom is -0.399 e. The first-order chi connectivity index (χ1) is 16.6. The summed E-state index contributed by atoms with van der Waals surface area (Å²) >= 11 is 1.83. The maximum atomic E-state index is 13.3. The molecule has 1 aliphatic rings. The molecule has 0 bridgehead atoms. The number of rotatable bonds is 5. The molecule has 0 saturated carbocycles. The van der Waals surface area contributed by atoms with E-state index in [9.17, 15) is 18.0 Å². The van der Waals surface area contributed by atoms with Crippen LogP contribution in [0.3, 0.4) is 0 Å². The van der Waals surface area contributed by atoms with Gasteiger partial charge in [-0.25, -0.2) is 9.97 Å². The molecular formula is C24H27F3N6OS. The van der Waals surface area contributed by atoms with Crippen molar-refractivity contribution in [2.75, 3.05) is 48.0 Å². The molecule has 186 valence electrons. The highest BCUT2D eigenvalue weighted by molar-refractivity contribution is 7.99. The lowest BCUT2D eigenvalue weighted by Crippen LogP contribution is -2.38. The van der Waals surface area contributed by atoms with Gasteiger partial charge in [-0.2, -0.15) is 24.9 Å². The molecule has 1 aliphatic heterocycles. The van der Waals surface area contributed by atoms with Crippen molar-refractivity contribution < 1.29 is 18.0 Å². The summed E-state index contributed by atoms with van der Waals surface area (Å²) in [6.07, 6.45) is -4.50. The van der Waals surface area contributed by atoms with Crippen molar-refractivity contribution in [1.29, 1.82) is 0 Å². The second kappa shape index (κ2) is 9.80. The summed E-state index contributed by atoms with van der Waals surface area (Å²) in [5.41, 5.74) is 7.08. The van der Waals surface area contributed by atoms with Gasteiger partial charge < -0.3 is 21.3 Å². The maximum Gasteiger partial charge on any atom is 0.416 e. The first-order valence-electron chi connectivity index (χ1n) is 11.2. The van der Waals surface area contributed by atoms with E-state index in [1.54, 1.807) is 33.0 Å². The zero-order valence-corrected chi connectivity index (χ0v) is 20.5. The first-order valence-corrected chi connectivity index (χ1v) is 12.3. The standard InChI is InChI=1S/C24H27F3N6OS/c1-13(15-8-16(24(25,26)27)10-17(28)9-15)30-22-18-11-20(29-3)19(12-21(18)31-14(2)32-22)23(34)33-4-6-35-7-5-33/h8-13,29H,4-7,28H2,1-3H3,(H,30,31,32)/t13-/m1/s1. The Morgan fingerprint density at radius 2 is 1.86 bits per heavy atom. The van der Waals surface area contributed by atoms with Crippen LogP contribution in [0, 0.1) is 6.92 Å². The number of hydrogen-bond donors (Lipinski definition) is 3. The quantitative estimate of drug-likeness (QED) is 0.424. The van der Waals surface area contributed by atoms with Crippen molar-refractivity contribution >= 4 is 45.8 Å². The minimum absolute atomic E-state index is 0.0314. The Bertz CT molecular complexity index is 1260. The monoisotopic (exact) mass is 504 g/mol. The van der Waals surface area contributed by atoms with E-state index < -0.39 is 17.8 Å². The zero-order chi connectivity index (χ0) is 25.3. The summed E-state index contributed by atoms with van der Waals surface area (Å²) in [6, 6.07) is 6.53. The Labute approximate surface area is 205 Å². The number of nitrogens with one attached hydrogen (secondary N) is 2. The number of nitrogens with two attached hydrogens (primary N) is 1. The molecule has 3 aromatic rings. The van der Waals surface area contributed by atoms with Crippen LogP contribution in [0.4, 0.5) is 30.4 Å². The fourth-order valence-corrected chi connectivity index (χ4v) is 5.00. The van der Waals surface area contributed by atoms with Crippen LogP contribution in [0.2, 0.25) is 0 Å². The number of aromatic nitrogens is 2. The number of alkyl halides is 3. The van der Waals surface area contributed by atoms with Crippen molar-refractivity contribution in [3.63, 3.8) is 0 Å². The smallest absolute Gasteiger partial charge is 0.399 e. The number of nitrogen functional groups attached to an aromatic ring is 1. The van der Waals surface area contributed by atoms with Gasteiger partial charge in [0.25, 0.3) is 5.91 Å². The molecule has 11 heteroatoms. The van der Waals surface area contributed by atoms with Crippen LogP contribution < -0.4 is 16.4 Å². The number of halogens is 3. The molecule has 7 nitrogen and oxygen atoms in total. The highest BCUT2D eigenvalue weighted by atomic mass is 32.2. The number of thioether (sulfide) groups is 1. The van der Waals surface area contributed by atoms with Gasteiger partial charge in [0.05, 0.1) is 22.7 Å². The molecule has 2 aromatic carbocycles. The fraction of sp³-hybridized carbons (Fsp3) is 0.375. The Balaban J connectivity index is 1.72. The minimum atomic E-state index is -4.50. The largest absolute Gasteiger partial charge is 0.416 e. The van der Waals surface area contributed by atoms with Gasteiger partial charge in [-0.05, 0) is 49.7 Å². The number of aryl methyl sites for hydroxylation is 1. The van der Waals surface area contributed by atoms with Crippen molar-refractivity contribution in [2.45, 2.75) is 26.1 Å². The van der Waals surface area contributed by atoms with E-state index in [0.717, 1.165) is 23.6 Å². The van der Waals surface area contributed by atoms with E-state index in [1.807, 2.05) is 16.7 Å². The van der Waals surface area contributed by atoms with Crippen molar-refractivity contribution in [2.24, 2.45) is 0 Å². The van der Waals surface area contributed by atoms with Gasteiger partial charge in [0.1, 0.15) is 11.6 Å². The number of amides is 1. The molecule has 4 rings (SSSR count). The second-order valence-electron chi connectivity index (χ2n) is 8.44. The van der Waals surface area contributed by atoms with Crippen LogP contribution in [0.25, 0.3) is 10.9 Å². The summed E-state index contributed by atoms with van der Waals surface area (Å²) in [7, 11) is 1.74. The normalized spacial score (nSPS) is 15.2. The van der Waals surface area contributed by atoms with Gasteiger partial charge in [-0.3, -0.25) is 4.79 Å². The summed E-state index contributed by atoms with van der Waals surface area (Å²) in [5, 5.41) is 6.95. The predicted molar refractivity (Wildman–Crippen MR) is 135 cm³/mol. The molecule has 0 unspecified atom stereocenters. The van der Waals surface area contributed by atoms with E-state index in [-0.39, 0.29) is 11.6 Å². The predicted octanol–water partition coefficient (Wildman–Crippen LogP) is 4.94. The molecule has 1 aromatic heterocycles. The summed E-state index contributed by atoms with van der Waals surface area (Å²) in [4.78, 5) is 24.1. The van der Waals surface area contributed by atoms with Crippen LogP contribution >= 0.6 is 11.8 Å². The molecule has 1 amide bonds. The number of fused-ring (bicyclic) bond motifs is 1. The molecule has 0 radical (unpaired) electrons. The molecule has 0 aliphatic carbocycles. The van der Waals surface area contributed by atoms with Crippen molar-refractivity contribution in [3.8, 4) is 0 Å². The Morgan fingerprint density at radius 3 is 2.51 bits per heavy atom. The Kier molecular flexibility index (Phi) is 6.98. The highest BCUT2D eigenvalue weighted by Crippen LogP contribution is 2.35. The Hall–Kier alpha value is -3.21. The fourth-order valence-electron chi connectivity index (χ4n) is 4.10. The zero-order valence-electron chi connectivity index (χ0n) is 19.7. The Morgan fingerprint density at radius 1 is 1.14 bits per heavy atom. The molecule has 2 heterocycles. The van der Waals surface area contributed by atoms with Gasteiger partial charge in [0.15, 0.2) is 0 Å². The van der Waals surface area contributed by atoms with E-state index >= 15 is 0 Å². The van der Waals surface area contributed by atoms with Crippen LogP contribution in [0.5, 0.6) is 0 Å². The molecule has 1 atom stereocenters. The number of carbonyl (C=O) groups is 1. The van der Waals surface area contributed by atoms with Crippen molar-refractivity contribution in [3.05, 3.63) is 52.8 Å². The topological polar surface area (TPSA) is 96.2 Å². The van der Waals surface area contributed by atoms with E-state index in [2.05, 4.69) is 20.6 Å². The van der Waals surface area contributed by atoms with Crippen LogP contribution in [-0.4, -0.2) is 52.4 Å². The van der Waals surface area contributed by atoms with Gasteiger partial charge >= 0.3 is 6.18 Å². The van der Waals surface area contributed by atoms with E-state index in [1.165, 1.54) is 6.07 Å². The first kappa shape index (κ1) is 24.9. The molecule has 1 saturated heterocycles. The van der Waals surface area contributed by atoms with Gasteiger partial charge in [0.2, 0.25) is 0 Å². The molecule has 35 heavy (non-hydrogen) atoms. The van der Waals surface area contributed by atoms with Crippen LogP contribution in [0.1, 0.15) is 40.3 Å². The van der Waals surface area contributed by atoms with Gasteiger partial charge in [-0.15, -0.1) is 0 Å². The number of nitrogens with zero attached hydrogens (tertiary/aromatic N) is 3. The highest BCUT2D eigenvalue weighted by Gasteiger charge is 2.31. The molecule has 1 fully saturated rings. The lowest BCUT2D eigenvalue weighted by molar-refractivity contribution is -0.137. The van der Waals surface area contributed by atoms with Crippen LogP contribution in [0.15, 0.2) is 30.3 Å². The third-order valence-corrected chi connectivity index (χ3v) is 6.85. The summed E-state index contributed by atoms with van der Waals surface area (Å²) in [5.74, 6) is 2.68. The third-order valence-electron chi connectivity index (χ3n) is 5.90. The van der Waals surface area contributed by atoms with E-state index in [0.29, 0.717) is 52.4 Å². The van der Waals surface area contributed by atoms with Gasteiger partial charge in [-0.1, -0.05) is 0 Å². The number of anilines is 3. The third kappa shape index (κ3) is 5.39. The number of benzene rings is 2. The van der Waals surface area contributed by atoms with E-state index in [4.69, 9.17) is 5.73 Å². The second-order valence-corrected chi connectivity index (χ2v) is 9.67. The lowest BCUT2D eigenvalue weighted by atomic mass is 10.0. The molecule has 4 N–H and O–H groups in total. The SMILES string of the molecule is CNc1cc2c(N[C@H](C)c3cc(N)cc(C(F)(F)F)c3)nc(C)nc2cc1C(=O)N1CCSCC1. The maximum absolute atomic E-state index is 13.3. The molecule has 0 spiro atoms. The average molecular weight is 505 g/mol. The summed E-state index contributed by atoms with van der Waals surface area (Å²) in [6.45, 7) is 4.85. The van der Waals surface area contributed by atoms with Crippen LogP contribution in [-0.2, 0) is 6.18 Å². The summed E-state index contributed by atoms with van der Waals surface area (Å²) < 4.78 is 39.9. The lowest BCUT2D eigenvalue weighted by Gasteiger charge is -2.27. The number of carbonyl (C=O) groups excluding carboxylic acids is 1. The molecular weight excluding hydrogens is 477 g/mol. The van der Waals surface area contributed by atoms with Crippen molar-refractivity contribution in [1.82, 2.24) is 14.9 Å². The average Bonchev–Trinajstić information content (AvgIpc) is 2.82. The van der Waals surface area contributed by atoms with Gasteiger partial charge in [0, 0.05) is 48.4 Å².